The van der Waals surface area contributed by atoms with E-state index in [4.69, 9.17) is 13.9 Å². The first-order valence-electron chi connectivity index (χ1n) is 11.2. The molecule has 0 saturated carbocycles. The van der Waals surface area contributed by atoms with Crippen LogP contribution in [0.3, 0.4) is 0 Å². The smallest absolute Gasteiger partial charge is 0.329 e. The molecule has 1 unspecified atom stereocenters. The van der Waals surface area contributed by atoms with Crippen LogP contribution in [0.4, 0.5) is 5.69 Å². The van der Waals surface area contributed by atoms with Crippen LogP contribution in [0.5, 0.6) is 5.75 Å². The number of nitrogens with zero attached hydrogens (tertiary/aromatic N) is 1. The van der Waals surface area contributed by atoms with E-state index in [1.807, 2.05) is 24.3 Å². The number of rotatable bonds is 6. The van der Waals surface area contributed by atoms with Gasteiger partial charge >= 0.3 is 5.97 Å². The van der Waals surface area contributed by atoms with Crippen LogP contribution in [0, 0.1) is 6.92 Å². The maximum atomic E-state index is 12.7. The van der Waals surface area contributed by atoms with Crippen LogP contribution in [0.1, 0.15) is 33.2 Å². The lowest BCUT2D eigenvalue weighted by molar-refractivity contribution is -0.150. The summed E-state index contributed by atoms with van der Waals surface area (Å²) in [6.45, 7) is 2.57. The van der Waals surface area contributed by atoms with Gasteiger partial charge in [-0.1, -0.05) is 29.8 Å². The van der Waals surface area contributed by atoms with E-state index in [-0.39, 0.29) is 11.1 Å². The lowest BCUT2D eigenvalue weighted by Crippen LogP contribution is -2.44. The SMILES string of the molecule is COc1cc2c(cc1NC(=O)COC(=O)C(C)N1C(=O)c3ccc(C)cc3C1=O)oc1ccccc12. The van der Waals surface area contributed by atoms with Gasteiger partial charge in [0.15, 0.2) is 6.61 Å². The van der Waals surface area contributed by atoms with Gasteiger partial charge in [-0.25, -0.2) is 4.79 Å². The van der Waals surface area contributed by atoms with Gasteiger partial charge in [-0.2, -0.15) is 0 Å². The Balaban J connectivity index is 1.27. The number of para-hydroxylation sites is 1. The number of esters is 1. The van der Waals surface area contributed by atoms with Gasteiger partial charge in [0.25, 0.3) is 17.7 Å². The number of anilines is 1. The summed E-state index contributed by atoms with van der Waals surface area (Å²) in [5.74, 6) is -2.24. The minimum Gasteiger partial charge on any atom is -0.495 e. The van der Waals surface area contributed by atoms with Crippen LogP contribution >= 0.6 is 0 Å². The maximum Gasteiger partial charge on any atom is 0.329 e. The number of carbonyl (C=O) groups is 4. The minimum absolute atomic E-state index is 0.232. The van der Waals surface area contributed by atoms with Crippen LogP contribution in [0.2, 0.25) is 0 Å². The molecule has 2 heterocycles. The van der Waals surface area contributed by atoms with Crippen molar-refractivity contribution in [1.82, 2.24) is 4.90 Å². The van der Waals surface area contributed by atoms with Crippen molar-refractivity contribution in [3.63, 3.8) is 0 Å². The highest BCUT2D eigenvalue weighted by Gasteiger charge is 2.41. The van der Waals surface area contributed by atoms with E-state index in [1.54, 1.807) is 37.3 Å². The van der Waals surface area contributed by atoms with E-state index in [0.717, 1.165) is 21.2 Å². The molecule has 3 aromatic carbocycles. The summed E-state index contributed by atoms with van der Waals surface area (Å²) >= 11 is 0. The zero-order chi connectivity index (χ0) is 25.6. The van der Waals surface area contributed by atoms with Crippen LogP contribution < -0.4 is 10.1 Å². The molecule has 5 rings (SSSR count). The highest BCUT2D eigenvalue weighted by Crippen LogP contribution is 2.36. The molecule has 182 valence electrons. The molecule has 0 radical (unpaired) electrons. The van der Waals surface area contributed by atoms with Crippen molar-refractivity contribution in [2.24, 2.45) is 0 Å². The Morgan fingerprint density at radius 1 is 0.972 bits per heavy atom. The number of methoxy groups -OCH3 is 1. The standard InChI is InChI=1S/C27H22N2O7/c1-14-8-9-17-19(10-14)26(32)29(25(17)31)15(2)27(33)35-13-24(30)28-20-12-22-18(11-23(20)34-3)16-6-4-5-7-21(16)36-22/h4-12,15H,13H2,1-3H3,(H,28,30). The lowest BCUT2D eigenvalue weighted by Gasteiger charge is -2.20. The fourth-order valence-electron chi connectivity index (χ4n) is 4.29. The highest BCUT2D eigenvalue weighted by molar-refractivity contribution is 6.22. The Morgan fingerprint density at radius 3 is 2.50 bits per heavy atom. The Morgan fingerprint density at radius 2 is 1.72 bits per heavy atom. The molecule has 1 atom stereocenters. The van der Waals surface area contributed by atoms with E-state index in [9.17, 15) is 19.2 Å². The summed E-state index contributed by atoms with van der Waals surface area (Å²) in [7, 11) is 1.48. The van der Waals surface area contributed by atoms with Crippen molar-refractivity contribution in [2.45, 2.75) is 19.9 Å². The summed E-state index contributed by atoms with van der Waals surface area (Å²) in [4.78, 5) is 51.4. The molecule has 4 aromatic rings. The van der Waals surface area contributed by atoms with E-state index in [2.05, 4.69) is 5.32 Å². The molecule has 0 spiro atoms. The van der Waals surface area contributed by atoms with Crippen molar-refractivity contribution in [1.29, 1.82) is 0 Å². The van der Waals surface area contributed by atoms with Gasteiger partial charge in [0.2, 0.25) is 0 Å². The topological polar surface area (TPSA) is 115 Å². The number of nitrogens with one attached hydrogen (secondary N) is 1. The summed E-state index contributed by atoms with van der Waals surface area (Å²) < 4.78 is 16.4. The zero-order valence-corrected chi connectivity index (χ0v) is 19.8. The predicted molar refractivity (Wildman–Crippen MR) is 131 cm³/mol. The van der Waals surface area contributed by atoms with Gasteiger partial charge in [-0.15, -0.1) is 0 Å². The Kier molecular flexibility index (Phi) is 5.68. The number of carbonyl (C=O) groups excluding carboxylic acids is 4. The normalized spacial score (nSPS) is 13.7. The monoisotopic (exact) mass is 486 g/mol. The van der Waals surface area contributed by atoms with Gasteiger partial charge in [0.05, 0.1) is 23.9 Å². The largest absolute Gasteiger partial charge is 0.495 e. The van der Waals surface area contributed by atoms with E-state index >= 15 is 0 Å². The average molecular weight is 486 g/mol. The third-order valence-electron chi connectivity index (χ3n) is 6.12. The number of hydrogen-bond acceptors (Lipinski definition) is 7. The zero-order valence-electron chi connectivity index (χ0n) is 19.8. The predicted octanol–water partition coefficient (Wildman–Crippen LogP) is 4.07. The third kappa shape index (κ3) is 3.84. The second-order valence-electron chi connectivity index (χ2n) is 8.51. The van der Waals surface area contributed by atoms with Crippen molar-refractivity contribution < 1.29 is 33.1 Å². The molecule has 0 saturated heterocycles. The molecule has 0 bridgehead atoms. The van der Waals surface area contributed by atoms with Crippen molar-refractivity contribution in [2.75, 3.05) is 19.0 Å². The number of hydrogen-bond donors (Lipinski definition) is 1. The molecule has 9 nitrogen and oxygen atoms in total. The van der Waals surface area contributed by atoms with Crippen LogP contribution in [0.15, 0.2) is 59.0 Å². The molecule has 1 aliphatic rings. The number of benzene rings is 3. The average Bonchev–Trinajstić information content (AvgIpc) is 3.35. The van der Waals surface area contributed by atoms with Gasteiger partial charge in [-0.3, -0.25) is 19.3 Å². The molecule has 36 heavy (non-hydrogen) atoms. The molecule has 0 aliphatic carbocycles. The highest BCUT2D eigenvalue weighted by atomic mass is 16.5. The van der Waals surface area contributed by atoms with Gasteiger partial charge < -0.3 is 19.2 Å². The van der Waals surface area contributed by atoms with Crippen LogP contribution in [-0.2, 0) is 14.3 Å². The summed E-state index contributed by atoms with van der Waals surface area (Å²) in [6, 6.07) is 14.6. The van der Waals surface area contributed by atoms with E-state index < -0.39 is 36.3 Å². The number of ether oxygens (including phenoxy) is 2. The molecule has 1 N–H and O–H groups in total. The Hall–Kier alpha value is -4.66. The first-order valence-corrected chi connectivity index (χ1v) is 11.2. The van der Waals surface area contributed by atoms with Gasteiger partial charge in [0, 0.05) is 16.8 Å². The molecule has 1 aromatic heterocycles. The van der Waals surface area contributed by atoms with Crippen molar-refractivity contribution in [3.05, 3.63) is 71.3 Å². The van der Waals surface area contributed by atoms with Crippen molar-refractivity contribution >= 4 is 51.3 Å². The fraction of sp³-hybridized carbons (Fsp3) is 0.185. The molecular weight excluding hydrogens is 464 g/mol. The second-order valence-corrected chi connectivity index (χ2v) is 8.51. The maximum absolute atomic E-state index is 12.7. The Bertz CT molecular complexity index is 1570. The third-order valence-corrected chi connectivity index (χ3v) is 6.12. The summed E-state index contributed by atoms with van der Waals surface area (Å²) in [6.07, 6.45) is 0. The number of fused-ring (bicyclic) bond motifs is 4. The molecule has 1 aliphatic heterocycles. The minimum atomic E-state index is -1.20. The molecular formula is C27H22N2O7. The molecule has 0 fully saturated rings. The quantitative estimate of drug-likeness (QED) is 0.323. The van der Waals surface area contributed by atoms with E-state index in [0.29, 0.717) is 22.6 Å². The van der Waals surface area contributed by atoms with Crippen molar-refractivity contribution in [3.8, 4) is 5.75 Å². The summed E-state index contributed by atoms with van der Waals surface area (Å²) in [5.41, 5.74) is 2.89. The number of furan rings is 1. The van der Waals surface area contributed by atoms with Gasteiger partial charge in [0.1, 0.15) is 23.0 Å². The van der Waals surface area contributed by atoms with Gasteiger partial charge in [-0.05, 0) is 38.1 Å². The summed E-state index contributed by atoms with van der Waals surface area (Å²) in [5, 5.41) is 4.39. The van der Waals surface area contributed by atoms with Crippen LogP contribution in [0.25, 0.3) is 21.9 Å². The first kappa shape index (κ1) is 23.1. The Labute approximate surface area is 205 Å². The first-order chi connectivity index (χ1) is 17.3. The number of amides is 3. The van der Waals surface area contributed by atoms with E-state index in [1.165, 1.54) is 14.0 Å². The number of aryl methyl sites for hydroxylation is 1. The second kappa shape index (κ2) is 8.84. The fourth-order valence-corrected chi connectivity index (χ4v) is 4.29. The van der Waals surface area contributed by atoms with Crippen LogP contribution in [-0.4, -0.2) is 48.3 Å². The molecule has 3 amide bonds. The lowest BCUT2D eigenvalue weighted by atomic mass is 10.1. The molecule has 9 heteroatoms. The number of imide groups is 1.